The number of carbonyl (C=O) groups excluding carboxylic acids is 2. The molecule has 3 aromatic carbocycles. The van der Waals surface area contributed by atoms with Gasteiger partial charge in [-0.15, -0.1) is 0 Å². The topological polar surface area (TPSA) is 58.6 Å². The Bertz CT molecular complexity index is 1170. The number of ether oxygens (including phenoxy) is 1. The van der Waals surface area contributed by atoms with Crippen molar-refractivity contribution in [2.24, 2.45) is 5.92 Å². The van der Waals surface area contributed by atoms with Crippen molar-refractivity contribution >= 4 is 55.3 Å². The van der Waals surface area contributed by atoms with Crippen LogP contribution in [0.25, 0.3) is 0 Å². The Hall–Kier alpha value is -2.35. The SMILES string of the molecule is CC(C)CNC(=O)[C@H](Cc1ccccc1)N(Cc1cccc(Br)c1)C(=O)COc1ccc(Cl)cc1Br. The zero-order valence-corrected chi connectivity index (χ0v) is 24.1. The Kier molecular flexibility index (Phi) is 10.8. The van der Waals surface area contributed by atoms with Crippen LogP contribution in [0.3, 0.4) is 0 Å². The summed E-state index contributed by atoms with van der Waals surface area (Å²) in [6.07, 6.45) is 0.384. The van der Waals surface area contributed by atoms with Crippen molar-refractivity contribution in [3.05, 3.63) is 97.9 Å². The minimum absolute atomic E-state index is 0.191. The first-order valence-corrected chi connectivity index (χ1v) is 13.6. The molecule has 0 heterocycles. The smallest absolute Gasteiger partial charge is 0.261 e. The zero-order chi connectivity index (χ0) is 26.1. The molecular weight excluding hydrogens is 608 g/mol. The van der Waals surface area contributed by atoms with Gasteiger partial charge >= 0.3 is 0 Å². The molecule has 0 radical (unpaired) electrons. The highest BCUT2D eigenvalue weighted by molar-refractivity contribution is 9.10. The predicted molar refractivity (Wildman–Crippen MR) is 151 cm³/mol. The molecule has 190 valence electrons. The molecule has 0 bridgehead atoms. The molecule has 1 N–H and O–H groups in total. The summed E-state index contributed by atoms with van der Waals surface area (Å²) in [6, 6.07) is 21.8. The van der Waals surface area contributed by atoms with Crippen LogP contribution in [-0.4, -0.2) is 35.9 Å². The van der Waals surface area contributed by atoms with Crippen molar-refractivity contribution < 1.29 is 14.3 Å². The van der Waals surface area contributed by atoms with Crippen molar-refractivity contribution in [1.82, 2.24) is 10.2 Å². The first-order chi connectivity index (χ1) is 17.2. The highest BCUT2D eigenvalue weighted by Gasteiger charge is 2.31. The van der Waals surface area contributed by atoms with Gasteiger partial charge in [0, 0.05) is 29.0 Å². The van der Waals surface area contributed by atoms with Gasteiger partial charge < -0.3 is 15.0 Å². The summed E-state index contributed by atoms with van der Waals surface area (Å²) < 4.78 is 7.39. The van der Waals surface area contributed by atoms with Gasteiger partial charge in [-0.05, 0) is 63.3 Å². The first kappa shape index (κ1) is 28.2. The highest BCUT2D eigenvalue weighted by atomic mass is 79.9. The third-order valence-corrected chi connectivity index (χ3v) is 6.79. The summed E-state index contributed by atoms with van der Waals surface area (Å²) in [5, 5.41) is 3.58. The molecule has 0 aliphatic heterocycles. The number of nitrogens with one attached hydrogen (secondary N) is 1. The molecule has 5 nitrogen and oxygen atoms in total. The molecule has 0 aromatic heterocycles. The van der Waals surface area contributed by atoms with Gasteiger partial charge in [0.15, 0.2) is 6.61 Å². The van der Waals surface area contributed by atoms with Crippen LogP contribution in [0, 0.1) is 5.92 Å². The maximum atomic E-state index is 13.6. The first-order valence-electron chi connectivity index (χ1n) is 11.7. The Morgan fingerprint density at radius 1 is 0.972 bits per heavy atom. The van der Waals surface area contributed by atoms with E-state index >= 15 is 0 Å². The van der Waals surface area contributed by atoms with E-state index in [4.69, 9.17) is 16.3 Å². The summed E-state index contributed by atoms with van der Waals surface area (Å²) in [5.74, 6) is 0.297. The van der Waals surface area contributed by atoms with Gasteiger partial charge in [-0.2, -0.15) is 0 Å². The lowest BCUT2D eigenvalue weighted by Crippen LogP contribution is -2.52. The molecule has 0 saturated carbocycles. The molecule has 0 spiro atoms. The van der Waals surface area contributed by atoms with E-state index in [1.807, 2.05) is 68.4 Å². The van der Waals surface area contributed by atoms with Gasteiger partial charge in [-0.3, -0.25) is 9.59 Å². The standard InChI is InChI=1S/C28H29Br2ClN2O3/c1-19(2)16-32-28(35)25(14-20-7-4-3-5-8-20)33(17-21-9-6-10-22(29)13-21)27(34)18-36-26-12-11-23(31)15-24(26)30/h3-13,15,19,25H,14,16-18H2,1-2H3,(H,32,35)/t25-/m0/s1. The fraction of sp³-hybridized carbons (Fsp3) is 0.286. The van der Waals surface area contributed by atoms with E-state index in [0.29, 0.717) is 28.2 Å². The molecule has 3 aromatic rings. The van der Waals surface area contributed by atoms with Gasteiger partial charge in [-0.25, -0.2) is 0 Å². The second-order valence-corrected chi connectivity index (χ2v) is 11.1. The summed E-state index contributed by atoms with van der Waals surface area (Å²) in [6.45, 7) is 4.63. The van der Waals surface area contributed by atoms with E-state index in [0.717, 1.165) is 15.6 Å². The monoisotopic (exact) mass is 634 g/mol. The summed E-state index contributed by atoms with van der Waals surface area (Å²) in [7, 11) is 0. The lowest BCUT2D eigenvalue weighted by atomic mass is 10.0. The van der Waals surface area contributed by atoms with Crippen molar-refractivity contribution in [1.29, 1.82) is 0 Å². The highest BCUT2D eigenvalue weighted by Crippen LogP contribution is 2.28. The fourth-order valence-electron chi connectivity index (χ4n) is 3.62. The van der Waals surface area contributed by atoms with Crippen LogP contribution in [0.15, 0.2) is 81.7 Å². The van der Waals surface area contributed by atoms with E-state index in [9.17, 15) is 9.59 Å². The number of hydrogen-bond donors (Lipinski definition) is 1. The average molecular weight is 637 g/mol. The van der Waals surface area contributed by atoms with E-state index in [2.05, 4.69) is 37.2 Å². The van der Waals surface area contributed by atoms with Crippen molar-refractivity contribution in [2.45, 2.75) is 32.9 Å². The number of halogens is 3. The van der Waals surface area contributed by atoms with Gasteiger partial charge in [0.25, 0.3) is 5.91 Å². The Morgan fingerprint density at radius 3 is 2.36 bits per heavy atom. The van der Waals surface area contributed by atoms with Crippen molar-refractivity contribution in [3.8, 4) is 5.75 Å². The lowest BCUT2D eigenvalue weighted by Gasteiger charge is -2.32. The van der Waals surface area contributed by atoms with Crippen LogP contribution < -0.4 is 10.1 Å². The molecule has 36 heavy (non-hydrogen) atoms. The molecule has 0 aliphatic carbocycles. The third kappa shape index (κ3) is 8.64. The lowest BCUT2D eigenvalue weighted by molar-refractivity contribution is -0.142. The summed E-state index contributed by atoms with van der Waals surface area (Å²) in [5.41, 5.74) is 1.87. The van der Waals surface area contributed by atoms with Crippen LogP contribution in [-0.2, 0) is 22.6 Å². The zero-order valence-electron chi connectivity index (χ0n) is 20.2. The van der Waals surface area contributed by atoms with Gasteiger partial charge in [0.1, 0.15) is 11.8 Å². The summed E-state index contributed by atoms with van der Waals surface area (Å²) in [4.78, 5) is 28.7. The summed E-state index contributed by atoms with van der Waals surface area (Å²) >= 11 is 13.0. The van der Waals surface area contributed by atoms with Gasteiger partial charge in [-0.1, -0.05) is 83.8 Å². The van der Waals surface area contributed by atoms with E-state index in [-0.39, 0.29) is 30.9 Å². The third-order valence-electron chi connectivity index (χ3n) is 5.44. The van der Waals surface area contributed by atoms with E-state index < -0.39 is 6.04 Å². The number of hydrogen-bond acceptors (Lipinski definition) is 3. The van der Waals surface area contributed by atoms with Crippen LogP contribution in [0.4, 0.5) is 0 Å². The Labute approximate surface area is 234 Å². The fourth-order valence-corrected chi connectivity index (χ4v) is 4.87. The number of amides is 2. The molecule has 0 unspecified atom stereocenters. The van der Waals surface area contributed by atoms with Crippen LogP contribution in [0.1, 0.15) is 25.0 Å². The average Bonchev–Trinajstić information content (AvgIpc) is 2.84. The number of nitrogens with zero attached hydrogens (tertiary/aromatic N) is 1. The maximum Gasteiger partial charge on any atom is 0.261 e. The van der Waals surface area contributed by atoms with E-state index in [1.54, 1.807) is 23.1 Å². The molecular formula is C28H29Br2ClN2O3. The van der Waals surface area contributed by atoms with Crippen LogP contribution >= 0.6 is 43.5 Å². The molecule has 0 saturated heterocycles. The number of benzene rings is 3. The number of rotatable bonds is 11. The normalized spacial score (nSPS) is 11.7. The van der Waals surface area contributed by atoms with E-state index in [1.165, 1.54) is 0 Å². The van der Waals surface area contributed by atoms with Gasteiger partial charge in [0.05, 0.1) is 4.47 Å². The minimum Gasteiger partial charge on any atom is -0.483 e. The maximum absolute atomic E-state index is 13.6. The molecule has 2 amide bonds. The van der Waals surface area contributed by atoms with Crippen molar-refractivity contribution in [2.75, 3.05) is 13.2 Å². The molecule has 3 rings (SSSR count). The van der Waals surface area contributed by atoms with Gasteiger partial charge in [0.2, 0.25) is 5.91 Å². The quantitative estimate of drug-likeness (QED) is 0.256. The van der Waals surface area contributed by atoms with Crippen molar-refractivity contribution in [3.63, 3.8) is 0 Å². The second kappa shape index (κ2) is 13.8. The van der Waals surface area contributed by atoms with Crippen LogP contribution in [0.2, 0.25) is 5.02 Å². The minimum atomic E-state index is -0.713. The molecule has 1 atom stereocenters. The van der Waals surface area contributed by atoms with Crippen LogP contribution in [0.5, 0.6) is 5.75 Å². The molecule has 0 fully saturated rings. The molecule has 0 aliphatic rings. The molecule has 8 heteroatoms. The largest absolute Gasteiger partial charge is 0.483 e. The second-order valence-electron chi connectivity index (χ2n) is 8.86. The number of carbonyl (C=O) groups is 2. The Morgan fingerprint density at radius 2 is 1.69 bits per heavy atom. The predicted octanol–water partition coefficient (Wildman–Crippen LogP) is 6.66. The Balaban J connectivity index is 1.91.